The number of ether oxygens (including phenoxy) is 1. The van der Waals surface area contributed by atoms with E-state index in [0.717, 1.165) is 23.5 Å². The van der Waals surface area contributed by atoms with Crippen molar-refractivity contribution in [1.29, 1.82) is 0 Å². The number of carbonyl (C=O) groups is 2. The van der Waals surface area contributed by atoms with Crippen molar-refractivity contribution in [2.75, 3.05) is 0 Å². The summed E-state index contributed by atoms with van der Waals surface area (Å²) >= 11 is 0. The number of rotatable bonds is 6. The van der Waals surface area contributed by atoms with Crippen molar-refractivity contribution < 1.29 is 14.3 Å². The predicted molar refractivity (Wildman–Crippen MR) is 88.4 cm³/mol. The first kappa shape index (κ1) is 16.5. The van der Waals surface area contributed by atoms with Crippen LogP contribution in [0, 0.1) is 0 Å². The molecule has 0 unspecified atom stereocenters. The monoisotopic (exact) mass is 312 g/mol. The van der Waals surface area contributed by atoms with Crippen molar-refractivity contribution in [2.45, 2.75) is 26.2 Å². The molecule has 0 aliphatic carbocycles. The van der Waals surface area contributed by atoms with Crippen LogP contribution in [0.15, 0.2) is 48.5 Å². The number of imide groups is 1. The van der Waals surface area contributed by atoms with Crippen molar-refractivity contribution in [2.24, 2.45) is 5.73 Å². The summed E-state index contributed by atoms with van der Waals surface area (Å²) in [5.74, 6) is 1.14. The molecule has 0 fully saturated rings. The summed E-state index contributed by atoms with van der Waals surface area (Å²) < 4.78 is 5.77. The molecule has 0 aliphatic heterocycles. The Balaban J connectivity index is 1.88. The van der Waals surface area contributed by atoms with E-state index in [1.807, 2.05) is 53.8 Å². The summed E-state index contributed by atoms with van der Waals surface area (Å²) in [7, 11) is 0. The molecule has 5 nitrogen and oxygen atoms in total. The van der Waals surface area contributed by atoms with Crippen molar-refractivity contribution in [3.8, 4) is 11.5 Å². The fourth-order valence-corrected chi connectivity index (χ4v) is 2.11. The molecule has 0 atom stereocenters. The molecule has 2 rings (SSSR count). The molecular weight excluding hydrogens is 292 g/mol. The zero-order valence-electron chi connectivity index (χ0n) is 13.0. The van der Waals surface area contributed by atoms with Crippen LogP contribution in [0.1, 0.15) is 24.5 Å². The van der Waals surface area contributed by atoms with E-state index in [1.54, 1.807) is 0 Å². The second-order valence-corrected chi connectivity index (χ2v) is 5.16. The SMILES string of the molecule is CCc1ccc(Oc2ccc(CCC(=O)NC(N)=O)cc2)cc1. The molecule has 0 aliphatic rings. The highest BCUT2D eigenvalue weighted by molar-refractivity contribution is 5.93. The number of carbonyl (C=O) groups excluding carboxylic acids is 2. The van der Waals surface area contributed by atoms with E-state index in [2.05, 4.69) is 6.92 Å². The third kappa shape index (κ3) is 5.47. The average Bonchev–Trinajstić information content (AvgIpc) is 2.54. The Morgan fingerprint density at radius 1 is 0.957 bits per heavy atom. The van der Waals surface area contributed by atoms with Crippen LogP contribution in [0.4, 0.5) is 4.79 Å². The average molecular weight is 312 g/mol. The number of hydrogen-bond donors (Lipinski definition) is 2. The van der Waals surface area contributed by atoms with Gasteiger partial charge in [0.2, 0.25) is 5.91 Å². The molecule has 0 aromatic heterocycles. The number of benzene rings is 2. The molecule has 3 N–H and O–H groups in total. The van der Waals surface area contributed by atoms with E-state index in [-0.39, 0.29) is 12.3 Å². The van der Waals surface area contributed by atoms with Crippen molar-refractivity contribution in [3.05, 3.63) is 59.7 Å². The van der Waals surface area contributed by atoms with Gasteiger partial charge in [-0.15, -0.1) is 0 Å². The summed E-state index contributed by atoms with van der Waals surface area (Å²) in [5.41, 5.74) is 7.14. The first-order valence-corrected chi connectivity index (χ1v) is 7.52. The predicted octanol–water partition coefficient (Wildman–Crippen LogP) is 3.17. The van der Waals surface area contributed by atoms with Crippen LogP contribution < -0.4 is 15.8 Å². The van der Waals surface area contributed by atoms with Crippen LogP contribution in [0.2, 0.25) is 0 Å². The number of primary amides is 1. The lowest BCUT2D eigenvalue weighted by molar-refractivity contribution is -0.119. The summed E-state index contributed by atoms with van der Waals surface area (Å²) in [6.07, 6.45) is 1.74. The van der Waals surface area contributed by atoms with Crippen LogP contribution in [0.5, 0.6) is 11.5 Å². The maximum Gasteiger partial charge on any atom is 0.318 e. The maximum absolute atomic E-state index is 11.4. The van der Waals surface area contributed by atoms with Gasteiger partial charge in [0.15, 0.2) is 0 Å². The zero-order valence-corrected chi connectivity index (χ0v) is 13.0. The van der Waals surface area contributed by atoms with Gasteiger partial charge in [-0.2, -0.15) is 0 Å². The van der Waals surface area contributed by atoms with Gasteiger partial charge in [-0.05, 0) is 48.2 Å². The van der Waals surface area contributed by atoms with Gasteiger partial charge in [0.25, 0.3) is 0 Å². The Kier molecular flexibility index (Phi) is 5.74. The standard InChI is InChI=1S/C18H20N2O3/c1-2-13-3-8-15(9-4-13)23-16-10-5-14(6-11-16)7-12-17(21)20-18(19)22/h3-6,8-11H,2,7,12H2,1H3,(H3,19,20,21,22). The van der Waals surface area contributed by atoms with Crippen molar-refractivity contribution in [3.63, 3.8) is 0 Å². The van der Waals surface area contributed by atoms with Crippen molar-refractivity contribution in [1.82, 2.24) is 5.32 Å². The molecule has 2 aromatic carbocycles. The zero-order chi connectivity index (χ0) is 16.7. The second-order valence-electron chi connectivity index (χ2n) is 5.16. The van der Waals surface area contributed by atoms with E-state index >= 15 is 0 Å². The van der Waals surface area contributed by atoms with E-state index in [0.29, 0.717) is 6.42 Å². The van der Waals surface area contributed by atoms with Crippen LogP contribution in [-0.2, 0) is 17.6 Å². The van der Waals surface area contributed by atoms with Gasteiger partial charge in [0.1, 0.15) is 11.5 Å². The highest BCUT2D eigenvalue weighted by Crippen LogP contribution is 2.22. The van der Waals surface area contributed by atoms with Crippen LogP contribution in [0.25, 0.3) is 0 Å². The van der Waals surface area contributed by atoms with Crippen LogP contribution in [-0.4, -0.2) is 11.9 Å². The second kappa shape index (κ2) is 7.98. The molecular formula is C18H20N2O3. The third-order valence-electron chi connectivity index (χ3n) is 3.39. The topological polar surface area (TPSA) is 81.4 Å². The lowest BCUT2D eigenvalue weighted by atomic mass is 10.1. The highest BCUT2D eigenvalue weighted by atomic mass is 16.5. The molecule has 0 spiro atoms. The molecule has 0 radical (unpaired) electrons. The van der Waals surface area contributed by atoms with E-state index in [1.165, 1.54) is 5.56 Å². The first-order valence-electron chi connectivity index (χ1n) is 7.52. The molecule has 0 saturated carbocycles. The summed E-state index contributed by atoms with van der Waals surface area (Å²) in [6.45, 7) is 2.11. The Hall–Kier alpha value is -2.82. The number of nitrogens with two attached hydrogens (primary N) is 1. The molecule has 5 heteroatoms. The number of amides is 3. The Bertz CT molecular complexity index is 664. The number of urea groups is 1. The van der Waals surface area contributed by atoms with E-state index in [9.17, 15) is 9.59 Å². The van der Waals surface area contributed by atoms with Gasteiger partial charge in [0.05, 0.1) is 0 Å². The normalized spacial score (nSPS) is 10.1. The lowest BCUT2D eigenvalue weighted by Gasteiger charge is -2.07. The largest absolute Gasteiger partial charge is 0.457 e. The van der Waals surface area contributed by atoms with Crippen LogP contribution in [0.3, 0.4) is 0 Å². The molecule has 2 aromatic rings. The minimum Gasteiger partial charge on any atom is -0.457 e. The smallest absolute Gasteiger partial charge is 0.318 e. The number of nitrogens with one attached hydrogen (secondary N) is 1. The molecule has 0 heterocycles. The number of hydrogen-bond acceptors (Lipinski definition) is 3. The summed E-state index contributed by atoms with van der Waals surface area (Å²) in [6, 6.07) is 14.7. The minimum absolute atomic E-state index is 0.210. The number of aryl methyl sites for hydroxylation is 2. The van der Waals surface area contributed by atoms with Gasteiger partial charge in [0, 0.05) is 6.42 Å². The van der Waals surface area contributed by atoms with Gasteiger partial charge in [-0.3, -0.25) is 10.1 Å². The summed E-state index contributed by atoms with van der Waals surface area (Å²) in [4.78, 5) is 21.9. The Morgan fingerprint density at radius 3 is 1.96 bits per heavy atom. The molecule has 23 heavy (non-hydrogen) atoms. The van der Waals surface area contributed by atoms with Gasteiger partial charge < -0.3 is 10.5 Å². The Labute approximate surface area is 135 Å². The van der Waals surface area contributed by atoms with E-state index in [4.69, 9.17) is 10.5 Å². The third-order valence-corrected chi connectivity index (χ3v) is 3.39. The van der Waals surface area contributed by atoms with Crippen molar-refractivity contribution >= 4 is 11.9 Å². The quantitative estimate of drug-likeness (QED) is 0.859. The van der Waals surface area contributed by atoms with E-state index < -0.39 is 6.03 Å². The molecule has 3 amide bonds. The molecule has 0 bridgehead atoms. The fourth-order valence-electron chi connectivity index (χ4n) is 2.11. The minimum atomic E-state index is -0.826. The molecule has 0 saturated heterocycles. The maximum atomic E-state index is 11.4. The summed E-state index contributed by atoms with van der Waals surface area (Å²) in [5, 5.41) is 2.04. The van der Waals surface area contributed by atoms with Gasteiger partial charge in [-0.1, -0.05) is 31.2 Å². The van der Waals surface area contributed by atoms with Gasteiger partial charge >= 0.3 is 6.03 Å². The fraction of sp³-hybridized carbons (Fsp3) is 0.222. The van der Waals surface area contributed by atoms with Gasteiger partial charge in [-0.25, -0.2) is 4.79 Å². The Morgan fingerprint density at radius 2 is 1.48 bits per heavy atom. The lowest BCUT2D eigenvalue weighted by Crippen LogP contribution is -2.35. The highest BCUT2D eigenvalue weighted by Gasteiger charge is 2.05. The first-order chi connectivity index (χ1) is 11.1. The molecule has 120 valence electrons. The van der Waals surface area contributed by atoms with Crippen LogP contribution >= 0.6 is 0 Å².